The Morgan fingerprint density at radius 2 is 1.44 bits per heavy atom. The van der Waals surface area contributed by atoms with Crippen molar-refractivity contribution in [3.8, 4) is 0 Å². The van der Waals surface area contributed by atoms with Crippen molar-refractivity contribution in [2.45, 2.75) is 25.3 Å². The van der Waals surface area contributed by atoms with Crippen LogP contribution >= 0.6 is 0 Å². The van der Waals surface area contributed by atoms with Crippen LogP contribution in [0.25, 0.3) is 32.3 Å². The molecule has 0 aromatic heterocycles. The van der Waals surface area contributed by atoms with Crippen LogP contribution in [0.4, 0.5) is 0 Å². The van der Waals surface area contributed by atoms with Gasteiger partial charge in [-0.2, -0.15) is 0 Å². The third-order valence-corrected chi connectivity index (χ3v) is 7.02. The van der Waals surface area contributed by atoms with Crippen molar-refractivity contribution in [3.05, 3.63) is 60.2 Å². The largest absolute Gasteiger partial charge is 0.314 e. The number of hydrogen-bond acceptors (Lipinski definition) is 2. The first-order valence-corrected chi connectivity index (χ1v) is 10.5. The number of rotatable bonds is 3. The molecule has 1 heterocycles. The Kier molecular flexibility index (Phi) is 3.63. The zero-order chi connectivity index (χ0) is 17.8. The Hall–Kier alpha value is -2.16. The van der Waals surface area contributed by atoms with E-state index in [0.29, 0.717) is 6.04 Å². The molecule has 2 fully saturated rings. The first-order chi connectivity index (χ1) is 13.4. The number of benzene rings is 4. The molecule has 4 aromatic carbocycles. The van der Waals surface area contributed by atoms with E-state index in [1.165, 1.54) is 64.7 Å². The van der Waals surface area contributed by atoms with Gasteiger partial charge in [-0.25, -0.2) is 0 Å². The monoisotopic (exact) mass is 354 g/mol. The van der Waals surface area contributed by atoms with E-state index in [1.54, 1.807) is 5.56 Å². The maximum atomic E-state index is 3.53. The minimum atomic E-state index is 0.574. The fraction of sp³-hybridized carbons (Fsp3) is 0.360. The number of nitrogens with zero attached hydrogens (tertiary/aromatic N) is 1. The van der Waals surface area contributed by atoms with Gasteiger partial charge in [0.25, 0.3) is 0 Å². The quantitative estimate of drug-likeness (QED) is 0.500. The van der Waals surface area contributed by atoms with Crippen LogP contribution < -0.4 is 5.32 Å². The van der Waals surface area contributed by atoms with Crippen LogP contribution in [0.2, 0.25) is 0 Å². The molecule has 0 radical (unpaired) electrons. The fourth-order valence-corrected chi connectivity index (χ4v) is 5.48. The molecule has 0 amide bonds. The van der Waals surface area contributed by atoms with Gasteiger partial charge < -0.3 is 5.32 Å². The second-order valence-corrected chi connectivity index (χ2v) is 8.43. The van der Waals surface area contributed by atoms with Crippen molar-refractivity contribution >= 4 is 32.3 Å². The molecule has 0 unspecified atom stereocenters. The lowest BCUT2D eigenvalue weighted by atomic mass is 9.75. The third-order valence-electron chi connectivity index (χ3n) is 7.02. The average Bonchev–Trinajstić information content (AvgIpc) is 2.69. The van der Waals surface area contributed by atoms with E-state index in [0.717, 1.165) is 19.0 Å². The average molecular weight is 354 g/mol. The van der Waals surface area contributed by atoms with E-state index in [4.69, 9.17) is 0 Å². The summed E-state index contributed by atoms with van der Waals surface area (Å²) >= 11 is 0. The van der Waals surface area contributed by atoms with Gasteiger partial charge in [-0.15, -0.1) is 0 Å². The number of nitrogens with one attached hydrogen (secondary N) is 1. The van der Waals surface area contributed by atoms with Crippen molar-refractivity contribution in [1.82, 2.24) is 10.2 Å². The summed E-state index contributed by atoms with van der Waals surface area (Å²) in [6.45, 7) is 4.58. The molecule has 1 aliphatic heterocycles. The van der Waals surface area contributed by atoms with Gasteiger partial charge in [-0.3, -0.25) is 4.90 Å². The van der Waals surface area contributed by atoms with E-state index < -0.39 is 0 Å². The molecule has 4 aromatic rings. The van der Waals surface area contributed by atoms with Gasteiger partial charge >= 0.3 is 0 Å². The van der Waals surface area contributed by atoms with Crippen LogP contribution in [0.3, 0.4) is 0 Å². The third kappa shape index (κ3) is 2.40. The van der Waals surface area contributed by atoms with Crippen LogP contribution in [-0.2, 0) is 0 Å². The minimum Gasteiger partial charge on any atom is -0.314 e. The van der Waals surface area contributed by atoms with E-state index in [1.807, 2.05) is 0 Å². The Bertz CT molecular complexity index is 1090. The van der Waals surface area contributed by atoms with Crippen molar-refractivity contribution in [2.75, 3.05) is 26.2 Å². The molecule has 6 rings (SSSR count). The Morgan fingerprint density at radius 3 is 2.15 bits per heavy atom. The first kappa shape index (κ1) is 15.9. The van der Waals surface area contributed by atoms with Gasteiger partial charge in [0.1, 0.15) is 0 Å². The van der Waals surface area contributed by atoms with E-state index in [2.05, 4.69) is 64.8 Å². The lowest BCUT2D eigenvalue weighted by molar-refractivity contribution is 0.0847. The Balaban J connectivity index is 1.61. The minimum absolute atomic E-state index is 0.574. The topological polar surface area (TPSA) is 15.3 Å². The lowest BCUT2D eigenvalue weighted by Crippen LogP contribution is -2.47. The van der Waals surface area contributed by atoms with Gasteiger partial charge in [-0.1, -0.05) is 61.0 Å². The molecule has 1 N–H and O–H groups in total. The first-order valence-electron chi connectivity index (χ1n) is 10.5. The van der Waals surface area contributed by atoms with Gasteiger partial charge in [0.2, 0.25) is 0 Å². The summed E-state index contributed by atoms with van der Waals surface area (Å²) in [7, 11) is 0. The summed E-state index contributed by atoms with van der Waals surface area (Å²) in [6.07, 6.45) is 4.17. The molecule has 2 aliphatic rings. The molecule has 1 aliphatic carbocycles. The van der Waals surface area contributed by atoms with Crippen LogP contribution in [0.1, 0.15) is 30.9 Å². The summed E-state index contributed by atoms with van der Waals surface area (Å²) in [5.41, 5.74) is 1.56. The molecular weight excluding hydrogens is 328 g/mol. The lowest BCUT2D eigenvalue weighted by Gasteiger charge is -2.43. The molecule has 136 valence electrons. The van der Waals surface area contributed by atoms with E-state index in [9.17, 15) is 0 Å². The van der Waals surface area contributed by atoms with Crippen LogP contribution in [0, 0.1) is 5.92 Å². The van der Waals surface area contributed by atoms with Crippen LogP contribution in [0.15, 0.2) is 54.6 Å². The van der Waals surface area contributed by atoms with Gasteiger partial charge in [0.15, 0.2) is 0 Å². The summed E-state index contributed by atoms with van der Waals surface area (Å²) < 4.78 is 0. The highest BCUT2D eigenvalue weighted by Crippen LogP contribution is 2.45. The van der Waals surface area contributed by atoms with Crippen molar-refractivity contribution < 1.29 is 0 Å². The van der Waals surface area contributed by atoms with Gasteiger partial charge in [0.05, 0.1) is 0 Å². The molecule has 1 saturated carbocycles. The molecule has 2 heteroatoms. The van der Waals surface area contributed by atoms with Crippen LogP contribution in [0.5, 0.6) is 0 Å². The van der Waals surface area contributed by atoms with Crippen molar-refractivity contribution in [3.63, 3.8) is 0 Å². The molecule has 2 nitrogen and oxygen atoms in total. The second kappa shape index (κ2) is 6.19. The highest BCUT2D eigenvalue weighted by atomic mass is 15.2. The summed E-state index contributed by atoms with van der Waals surface area (Å²) in [5, 5.41) is 12.0. The zero-order valence-corrected chi connectivity index (χ0v) is 15.7. The molecular formula is C25H26N2. The maximum Gasteiger partial charge on any atom is 0.0383 e. The van der Waals surface area contributed by atoms with Crippen LogP contribution in [-0.4, -0.2) is 31.1 Å². The smallest absolute Gasteiger partial charge is 0.0383 e. The zero-order valence-electron chi connectivity index (χ0n) is 15.7. The van der Waals surface area contributed by atoms with E-state index >= 15 is 0 Å². The highest BCUT2D eigenvalue weighted by Gasteiger charge is 2.34. The Labute approximate surface area is 160 Å². The molecule has 1 atom stereocenters. The van der Waals surface area contributed by atoms with Crippen molar-refractivity contribution in [2.24, 2.45) is 5.92 Å². The number of hydrogen-bond donors (Lipinski definition) is 1. The molecule has 0 bridgehead atoms. The Morgan fingerprint density at radius 1 is 0.778 bits per heavy atom. The molecule has 27 heavy (non-hydrogen) atoms. The standard InChI is InChI=1S/C25H26N2/c1-3-17-7-8-19-10-12-22(21-11-9-18(4-1)23(17)24(19)21)25(20-5-2-6-20)27-15-13-26-14-16-27/h1,3-4,7-12,20,25-26H,2,5-6,13-16H2/t25-/m1/s1. The van der Waals surface area contributed by atoms with Gasteiger partial charge in [-0.05, 0) is 56.6 Å². The highest BCUT2D eigenvalue weighted by molar-refractivity contribution is 6.23. The second-order valence-electron chi connectivity index (χ2n) is 8.43. The predicted molar refractivity (Wildman–Crippen MR) is 115 cm³/mol. The normalized spacial score (nSPS) is 20.4. The molecule has 0 spiro atoms. The van der Waals surface area contributed by atoms with Crippen molar-refractivity contribution in [1.29, 1.82) is 0 Å². The summed E-state index contributed by atoms with van der Waals surface area (Å²) in [6, 6.07) is 21.4. The molecule has 1 saturated heterocycles. The fourth-order valence-electron chi connectivity index (χ4n) is 5.48. The SMILES string of the molecule is c1cc2ccc3ccc([C@@H](C4CCC4)N4CCNCC4)c4ccc(c1)c2c34. The number of piperazine rings is 1. The van der Waals surface area contributed by atoms with E-state index in [-0.39, 0.29) is 0 Å². The maximum absolute atomic E-state index is 3.53. The summed E-state index contributed by atoms with van der Waals surface area (Å²) in [4.78, 5) is 2.76. The van der Waals surface area contributed by atoms with Gasteiger partial charge in [0, 0.05) is 32.2 Å². The summed E-state index contributed by atoms with van der Waals surface area (Å²) in [5.74, 6) is 0.821. The predicted octanol–water partition coefficient (Wildman–Crippen LogP) is 5.33.